The van der Waals surface area contributed by atoms with Gasteiger partial charge in [0.2, 0.25) is 0 Å². The Morgan fingerprint density at radius 3 is 2.50 bits per heavy atom. The van der Waals surface area contributed by atoms with Crippen molar-refractivity contribution in [1.29, 1.82) is 0 Å². The number of rotatable bonds is 3. The molecular formula is C19H21F3N2O2. The summed E-state index contributed by atoms with van der Waals surface area (Å²) >= 11 is 0. The SMILES string of the molecule is Cc1cc(C)n(Cc2cccc(C(F)(F)F)c2)c1C(=O)N1CCOCC1. The van der Waals surface area contributed by atoms with Crippen molar-refractivity contribution in [1.82, 2.24) is 9.47 Å². The summed E-state index contributed by atoms with van der Waals surface area (Å²) in [6.07, 6.45) is -4.38. The lowest BCUT2D eigenvalue weighted by Crippen LogP contribution is -2.41. The average molecular weight is 366 g/mol. The van der Waals surface area contributed by atoms with Crippen LogP contribution in [0.1, 0.15) is 32.9 Å². The fourth-order valence-electron chi connectivity index (χ4n) is 3.28. The quantitative estimate of drug-likeness (QED) is 0.831. The van der Waals surface area contributed by atoms with Crippen LogP contribution in [0.2, 0.25) is 0 Å². The van der Waals surface area contributed by atoms with Gasteiger partial charge in [-0.25, -0.2) is 0 Å². The van der Waals surface area contributed by atoms with Crippen molar-refractivity contribution in [2.45, 2.75) is 26.6 Å². The van der Waals surface area contributed by atoms with Crippen LogP contribution >= 0.6 is 0 Å². The van der Waals surface area contributed by atoms with E-state index in [1.807, 2.05) is 19.9 Å². The normalized spacial score (nSPS) is 15.3. The van der Waals surface area contributed by atoms with E-state index < -0.39 is 11.7 Å². The van der Waals surface area contributed by atoms with E-state index in [4.69, 9.17) is 4.74 Å². The Morgan fingerprint density at radius 2 is 1.85 bits per heavy atom. The van der Waals surface area contributed by atoms with Crippen LogP contribution in [0, 0.1) is 13.8 Å². The summed E-state index contributed by atoms with van der Waals surface area (Å²) in [7, 11) is 0. The summed E-state index contributed by atoms with van der Waals surface area (Å²) in [4.78, 5) is 14.7. The van der Waals surface area contributed by atoms with Gasteiger partial charge in [0.1, 0.15) is 5.69 Å². The van der Waals surface area contributed by atoms with E-state index in [1.165, 1.54) is 6.07 Å². The molecule has 0 spiro atoms. The van der Waals surface area contributed by atoms with E-state index in [9.17, 15) is 18.0 Å². The molecular weight excluding hydrogens is 345 g/mol. The van der Waals surface area contributed by atoms with Gasteiger partial charge in [0.05, 0.1) is 18.8 Å². The van der Waals surface area contributed by atoms with Crippen LogP contribution in [0.15, 0.2) is 30.3 Å². The lowest BCUT2D eigenvalue weighted by Gasteiger charge is -2.27. The van der Waals surface area contributed by atoms with Gasteiger partial charge in [-0.15, -0.1) is 0 Å². The third-order valence-corrected chi connectivity index (χ3v) is 4.59. The van der Waals surface area contributed by atoms with Crippen LogP contribution in [0.25, 0.3) is 0 Å². The molecule has 3 rings (SSSR count). The van der Waals surface area contributed by atoms with Crippen LogP contribution in [0.5, 0.6) is 0 Å². The third kappa shape index (κ3) is 3.77. The number of hydrogen-bond acceptors (Lipinski definition) is 2. The van der Waals surface area contributed by atoms with Crippen molar-refractivity contribution >= 4 is 5.91 Å². The maximum absolute atomic E-state index is 13.0. The van der Waals surface area contributed by atoms with Gasteiger partial charge in [-0.2, -0.15) is 13.2 Å². The van der Waals surface area contributed by atoms with Crippen LogP contribution < -0.4 is 0 Å². The van der Waals surface area contributed by atoms with E-state index in [1.54, 1.807) is 15.5 Å². The summed E-state index contributed by atoms with van der Waals surface area (Å²) in [5.74, 6) is -0.106. The summed E-state index contributed by atoms with van der Waals surface area (Å²) in [5.41, 5.74) is 2.02. The number of halogens is 3. The molecule has 1 aromatic heterocycles. The first-order valence-electron chi connectivity index (χ1n) is 8.47. The fraction of sp³-hybridized carbons (Fsp3) is 0.421. The molecule has 4 nitrogen and oxygen atoms in total. The minimum atomic E-state index is -4.38. The van der Waals surface area contributed by atoms with E-state index in [0.29, 0.717) is 37.6 Å². The van der Waals surface area contributed by atoms with Crippen LogP contribution in [0.4, 0.5) is 13.2 Å². The van der Waals surface area contributed by atoms with Gasteiger partial charge in [-0.05, 0) is 43.2 Å². The first-order chi connectivity index (χ1) is 12.3. The van der Waals surface area contributed by atoms with Gasteiger partial charge in [0.15, 0.2) is 0 Å². The van der Waals surface area contributed by atoms with Crippen molar-refractivity contribution in [3.05, 3.63) is 58.4 Å². The number of aromatic nitrogens is 1. The topological polar surface area (TPSA) is 34.5 Å². The van der Waals surface area contributed by atoms with Crippen molar-refractivity contribution < 1.29 is 22.7 Å². The number of alkyl halides is 3. The number of nitrogens with zero attached hydrogens (tertiary/aromatic N) is 2. The first-order valence-corrected chi connectivity index (χ1v) is 8.47. The molecule has 1 aliphatic heterocycles. The van der Waals surface area contributed by atoms with Gasteiger partial charge >= 0.3 is 6.18 Å². The molecule has 0 atom stereocenters. The van der Waals surface area contributed by atoms with Crippen LogP contribution in [-0.2, 0) is 17.5 Å². The Morgan fingerprint density at radius 1 is 1.15 bits per heavy atom. The molecule has 140 valence electrons. The number of ether oxygens (including phenoxy) is 1. The molecule has 26 heavy (non-hydrogen) atoms. The summed E-state index contributed by atoms with van der Waals surface area (Å²) < 4.78 is 46.0. The molecule has 0 unspecified atom stereocenters. The molecule has 7 heteroatoms. The Balaban J connectivity index is 1.92. The number of benzene rings is 1. The highest BCUT2D eigenvalue weighted by Gasteiger charge is 2.30. The largest absolute Gasteiger partial charge is 0.416 e. The van der Waals surface area contributed by atoms with Gasteiger partial charge < -0.3 is 14.2 Å². The number of morpholine rings is 1. The third-order valence-electron chi connectivity index (χ3n) is 4.59. The highest BCUT2D eigenvalue weighted by molar-refractivity contribution is 5.94. The molecule has 0 radical (unpaired) electrons. The number of amides is 1. The number of carbonyl (C=O) groups is 1. The zero-order valence-corrected chi connectivity index (χ0v) is 14.8. The maximum Gasteiger partial charge on any atom is 0.416 e. The minimum absolute atomic E-state index is 0.106. The van der Waals surface area contributed by atoms with Crippen LogP contribution in [0.3, 0.4) is 0 Å². The Bertz CT molecular complexity index is 806. The predicted octanol–water partition coefficient (Wildman–Crippen LogP) is 3.64. The number of aryl methyl sites for hydroxylation is 2. The average Bonchev–Trinajstić information content (AvgIpc) is 2.88. The second kappa shape index (κ2) is 7.15. The van der Waals surface area contributed by atoms with Crippen molar-refractivity contribution in [2.24, 2.45) is 0 Å². The molecule has 1 aliphatic rings. The highest BCUT2D eigenvalue weighted by atomic mass is 19.4. The molecule has 0 N–H and O–H groups in total. The molecule has 0 aliphatic carbocycles. The smallest absolute Gasteiger partial charge is 0.378 e. The Labute approximate surface area is 150 Å². The van der Waals surface area contributed by atoms with Gasteiger partial charge in [0, 0.05) is 25.3 Å². The summed E-state index contributed by atoms with van der Waals surface area (Å²) in [6.45, 7) is 5.96. The monoisotopic (exact) mass is 366 g/mol. The highest BCUT2D eigenvalue weighted by Crippen LogP contribution is 2.30. The predicted molar refractivity (Wildman–Crippen MR) is 91.2 cm³/mol. The molecule has 1 fully saturated rings. The standard InChI is InChI=1S/C19H21F3N2O2/c1-13-10-14(2)24(17(13)18(25)23-6-8-26-9-7-23)12-15-4-3-5-16(11-15)19(20,21)22/h3-5,10-11H,6-9,12H2,1-2H3. The lowest BCUT2D eigenvalue weighted by atomic mass is 10.1. The van der Waals surface area contributed by atoms with Crippen molar-refractivity contribution in [3.63, 3.8) is 0 Å². The number of hydrogen-bond donors (Lipinski definition) is 0. The maximum atomic E-state index is 13.0. The molecule has 1 amide bonds. The zero-order chi connectivity index (χ0) is 18.9. The lowest BCUT2D eigenvalue weighted by molar-refractivity contribution is -0.137. The Hall–Kier alpha value is -2.28. The van der Waals surface area contributed by atoms with E-state index in [2.05, 4.69) is 0 Å². The van der Waals surface area contributed by atoms with Gasteiger partial charge in [-0.3, -0.25) is 4.79 Å². The molecule has 1 aromatic carbocycles. The minimum Gasteiger partial charge on any atom is -0.378 e. The Kier molecular flexibility index (Phi) is 5.09. The molecule has 0 bridgehead atoms. The van der Waals surface area contributed by atoms with E-state index in [-0.39, 0.29) is 12.5 Å². The zero-order valence-electron chi connectivity index (χ0n) is 14.8. The number of carbonyl (C=O) groups excluding carboxylic acids is 1. The van der Waals surface area contributed by atoms with Crippen molar-refractivity contribution in [2.75, 3.05) is 26.3 Å². The second-order valence-corrected chi connectivity index (χ2v) is 6.51. The fourth-order valence-corrected chi connectivity index (χ4v) is 3.28. The first kappa shape index (κ1) is 18.5. The summed E-state index contributed by atoms with van der Waals surface area (Å²) in [6, 6.07) is 7.12. The van der Waals surface area contributed by atoms with E-state index >= 15 is 0 Å². The van der Waals surface area contributed by atoms with Gasteiger partial charge in [-0.1, -0.05) is 12.1 Å². The molecule has 0 saturated carbocycles. The summed E-state index contributed by atoms with van der Waals surface area (Å²) in [5, 5.41) is 0. The molecule has 2 aromatic rings. The van der Waals surface area contributed by atoms with E-state index in [0.717, 1.165) is 23.4 Å². The molecule has 1 saturated heterocycles. The van der Waals surface area contributed by atoms with Crippen molar-refractivity contribution in [3.8, 4) is 0 Å². The molecule has 2 heterocycles. The van der Waals surface area contributed by atoms with Gasteiger partial charge in [0.25, 0.3) is 5.91 Å². The van der Waals surface area contributed by atoms with Crippen LogP contribution in [-0.4, -0.2) is 41.7 Å². The second-order valence-electron chi connectivity index (χ2n) is 6.51.